The lowest BCUT2D eigenvalue weighted by Crippen LogP contribution is -2.35. The van der Waals surface area contributed by atoms with Crippen molar-refractivity contribution in [1.29, 1.82) is 0 Å². The Kier molecular flexibility index (Phi) is 3.11. The summed E-state index contributed by atoms with van der Waals surface area (Å²) in [5.41, 5.74) is 0. The largest absolute Gasteiger partial charge is 0.352 e. The van der Waals surface area contributed by atoms with Gasteiger partial charge in [0.1, 0.15) is 0 Å². The van der Waals surface area contributed by atoms with Gasteiger partial charge in [-0.05, 0) is 6.42 Å². The van der Waals surface area contributed by atoms with Crippen LogP contribution in [0, 0.1) is 0 Å². The number of carbonyl (C=O) groups is 1. The minimum Gasteiger partial charge on any atom is -0.352 e. The van der Waals surface area contributed by atoms with Crippen molar-refractivity contribution in [2.45, 2.75) is 18.9 Å². The first-order chi connectivity index (χ1) is 5.33. The molecule has 1 rings (SSSR count). The van der Waals surface area contributed by atoms with Crippen LogP contribution in [-0.4, -0.2) is 25.0 Å². The number of carbonyl (C=O) groups excluding carboxylic acids is 1. The number of hydrogen-bond acceptors (Lipinski definition) is 2. The van der Waals surface area contributed by atoms with Crippen LogP contribution in [0.4, 0.5) is 0 Å². The van der Waals surface area contributed by atoms with Gasteiger partial charge < -0.3 is 10.6 Å². The van der Waals surface area contributed by atoms with Crippen LogP contribution in [0.3, 0.4) is 0 Å². The van der Waals surface area contributed by atoms with Gasteiger partial charge in [0, 0.05) is 25.6 Å². The third-order valence-electron chi connectivity index (χ3n) is 1.76. The fourth-order valence-corrected chi connectivity index (χ4v) is 1.19. The van der Waals surface area contributed by atoms with Gasteiger partial charge in [-0.1, -0.05) is 6.08 Å². The van der Waals surface area contributed by atoms with Crippen LogP contribution in [0.2, 0.25) is 0 Å². The van der Waals surface area contributed by atoms with Crippen molar-refractivity contribution in [3.8, 4) is 0 Å². The molecule has 0 aromatic heterocycles. The molecule has 1 fully saturated rings. The van der Waals surface area contributed by atoms with E-state index in [-0.39, 0.29) is 5.91 Å². The van der Waals surface area contributed by atoms with E-state index in [2.05, 4.69) is 17.2 Å². The Morgan fingerprint density at radius 2 is 2.64 bits per heavy atom. The van der Waals surface area contributed by atoms with Crippen LogP contribution in [0.5, 0.6) is 0 Å². The van der Waals surface area contributed by atoms with Crippen LogP contribution in [0.25, 0.3) is 0 Å². The van der Waals surface area contributed by atoms with Gasteiger partial charge in [0.2, 0.25) is 5.91 Å². The average molecular weight is 154 g/mol. The molecule has 1 saturated heterocycles. The quantitative estimate of drug-likeness (QED) is 0.443. The maximum Gasteiger partial charge on any atom is 0.220 e. The molecule has 0 saturated carbocycles. The Morgan fingerprint density at radius 3 is 3.18 bits per heavy atom. The molecule has 1 unspecified atom stereocenters. The normalized spacial score (nSPS) is 23.3. The summed E-state index contributed by atoms with van der Waals surface area (Å²) in [5.74, 6) is 0.176. The van der Waals surface area contributed by atoms with Gasteiger partial charge in [-0.15, -0.1) is 6.58 Å². The molecule has 11 heavy (non-hydrogen) atoms. The molecule has 0 bridgehead atoms. The molecule has 1 heterocycles. The van der Waals surface area contributed by atoms with E-state index in [1.807, 2.05) is 6.08 Å². The smallest absolute Gasteiger partial charge is 0.220 e. The van der Waals surface area contributed by atoms with Crippen molar-refractivity contribution in [3.05, 3.63) is 12.7 Å². The first kappa shape index (κ1) is 8.27. The van der Waals surface area contributed by atoms with E-state index < -0.39 is 0 Å². The average Bonchev–Trinajstić information content (AvgIpc) is 2.37. The molecule has 62 valence electrons. The maximum atomic E-state index is 10.7. The lowest BCUT2D eigenvalue weighted by Gasteiger charge is -2.08. The molecule has 0 spiro atoms. The fraction of sp³-hybridized carbons (Fsp3) is 0.625. The number of nitrogens with one attached hydrogen (secondary N) is 2. The number of amides is 1. The Labute approximate surface area is 66.9 Å². The van der Waals surface area contributed by atoms with Crippen molar-refractivity contribution in [2.75, 3.05) is 13.1 Å². The lowest BCUT2D eigenvalue weighted by molar-refractivity contribution is -0.119. The monoisotopic (exact) mass is 154 g/mol. The lowest BCUT2D eigenvalue weighted by atomic mass is 10.2. The molecule has 0 aromatic carbocycles. The molecule has 2 N–H and O–H groups in total. The fourth-order valence-electron chi connectivity index (χ4n) is 1.19. The summed E-state index contributed by atoms with van der Waals surface area (Å²) in [6.45, 7) is 5.26. The summed E-state index contributed by atoms with van der Waals surface area (Å²) in [4.78, 5) is 10.7. The van der Waals surface area contributed by atoms with Crippen molar-refractivity contribution >= 4 is 5.91 Å². The molecule has 1 atom stereocenters. The SMILES string of the molecule is C=CCNCC1CCC(=O)N1. The van der Waals surface area contributed by atoms with Crippen molar-refractivity contribution in [3.63, 3.8) is 0 Å². The second-order valence-electron chi connectivity index (χ2n) is 2.75. The Hall–Kier alpha value is -0.830. The van der Waals surface area contributed by atoms with E-state index in [4.69, 9.17) is 0 Å². The van der Waals surface area contributed by atoms with Gasteiger partial charge in [0.15, 0.2) is 0 Å². The van der Waals surface area contributed by atoms with Gasteiger partial charge in [0.25, 0.3) is 0 Å². The van der Waals surface area contributed by atoms with E-state index >= 15 is 0 Å². The third kappa shape index (κ3) is 2.72. The summed E-state index contributed by atoms with van der Waals surface area (Å²) in [7, 11) is 0. The van der Waals surface area contributed by atoms with Gasteiger partial charge >= 0.3 is 0 Å². The third-order valence-corrected chi connectivity index (χ3v) is 1.76. The summed E-state index contributed by atoms with van der Waals surface area (Å²) < 4.78 is 0. The second-order valence-corrected chi connectivity index (χ2v) is 2.75. The highest BCUT2D eigenvalue weighted by molar-refractivity contribution is 5.78. The van der Waals surface area contributed by atoms with Gasteiger partial charge in [-0.3, -0.25) is 4.79 Å². The van der Waals surface area contributed by atoms with Gasteiger partial charge in [-0.2, -0.15) is 0 Å². The van der Waals surface area contributed by atoms with E-state index in [9.17, 15) is 4.79 Å². The van der Waals surface area contributed by atoms with E-state index in [1.165, 1.54) is 0 Å². The Bertz CT molecular complexity index is 156. The highest BCUT2D eigenvalue weighted by Crippen LogP contribution is 2.04. The summed E-state index contributed by atoms with van der Waals surface area (Å²) in [5, 5.41) is 6.04. The van der Waals surface area contributed by atoms with Crippen LogP contribution in [0.15, 0.2) is 12.7 Å². The highest BCUT2D eigenvalue weighted by Gasteiger charge is 2.19. The molecule has 0 aliphatic carbocycles. The molecule has 3 heteroatoms. The van der Waals surface area contributed by atoms with E-state index in [0.29, 0.717) is 12.5 Å². The van der Waals surface area contributed by atoms with Crippen molar-refractivity contribution in [2.24, 2.45) is 0 Å². The molecule has 1 aliphatic rings. The van der Waals surface area contributed by atoms with E-state index in [1.54, 1.807) is 0 Å². The zero-order chi connectivity index (χ0) is 8.10. The standard InChI is InChI=1S/C8H14N2O/c1-2-5-9-6-7-3-4-8(11)10-7/h2,7,9H,1,3-6H2,(H,10,11). The zero-order valence-corrected chi connectivity index (χ0v) is 6.60. The Balaban J connectivity index is 2.08. The summed E-state index contributed by atoms with van der Waals surface area (Å²) in [6, 6.07) is 0.336. The summed E-state index contributed by atoms with van der Waals surface area (Å²) in [6.07, 6.45) is 3.46. The molecular weight excluding hydrogens is 140 g/mol. The topological polar surface area (TPSA) is 41.1 Å². The first-order valence-corrected chi connectivity index (χ1v) is 3.94. The second kappa shape index (κ2) is 4.13. The van der Waals surface area contributed by atoms with Crippen molar-refractivity contribution in [1.82, 2.24) is 10.6 Å². The molecule has 1 aliphatic heterocycles. The Morgan fingerprint density at radius 1 is 1.82 bits per heavy atom. The van der Waals surface area contributed by atoms with Gasteiger partial charge in [-0.25, -0.2) is 0 Å². The summed E-state index contributed by atoms with van der Waals surface area (Å²) >= 11 is 0. The molecule has 3 nitrogen and oxygen atoms in total. The molecule has 0 aromatic rings. The van der Waals surface area contributed by atoms with Crippen LogP contribution in [0.1, 0.15) is 12.8 Å². The highest BCUT2D eigenvalue weighted by atomic mass is 16.1. The number of hydrogen-bond donors (Lipinski definition) is 2. The van der Waals surface area contributed by atoms with Crippen molar-refractivity contribution < 1.29 is 4.79 Å². The molecular formula is C8H14N2O. The van der Waals surface area contributed by atoms with Gasteiger partial charge in [0.05, 0.1) is 0 Å². The first-order valence-electron chi connectivity index (χ1n) is 3.94. The number of rotatable bonds is 4. The predicted octanol–water partition coefficient (Wildman–Crippen LogP) is 0.0406. The van der Waals surface area contributed by atoms with Crippen LogP contribution in [-0.2, 0) is 4.79 Å². The predicted molar refractivity (Wildman–Crippen MR) is 44.2 cm³/mol. The molecule has 1 amide bonds. The van der Waals surface area contributed by atoms with Crippen LogP contribution >= 0.6 is 0 Å². The molecule has 0 radical (unpaired) electrons. The minimum atomic E-state index is 0.176. The van der Waals surface area contributed by atoms with Crippen LogP contribution < -0.4 is 10.6 Å². The van der Waals surface area contributed by atoms with E-state index in [0.717, 1.165) is 19.5 Å². The minimum absolute atomic E-state index is 0.176. The maximum absolute atomic E-state index is 10.7. The zero-order valence-electron chi connectivity index (χ0n) is 6.60.